The van der Waals surface area contributed by atoms with E-state index >= 15 is 0 Å². The summed E-state index contributed by atoms with van der Waals surface area (Å²) < 4.78 is 4.68. The number of rotatable bonds is 4. The fourth-order valence-electron chi connectivity index (χ4n) is 0.962. The second-order valence-electron chi connectivity index (χ2n) is 3.21. The number of hydrogen-bond donors (Lipinski definition) is 0. The molecule has 2 heteroatoms. The van der Waals surface area contributed by atoms with Crippen LogP contribution in [0.4, 0.5) is 0 Å². The van der Waals surface area contributed by atoms with E-state index in [9.17, 15) is 4.79 Å². The Labute approximate surface area is 68.2 Å². The average Bonchev–Trinajstić information content (AvgIpc) is 1.88. The first-order chi connectivity index (χ1) is 5.04. The van der Waals surface area contributed by atoms with Gasteiger partial charge >= 0.3 is 5.97 Å². The largest absolute Gasteiger partial charge is 0.435 e. The molecular weight excluding hydrogens is 140 g/mol. The molecule has 0 amide bonds. The molecule has 0 saturated carbocycles. The molecule has 0 aromatic carbocycles. The highest BCUT2D eigenvalue weighted by atomic mass is 16.5. The van der Waals surface area contributed by atoms with Gasteiger partial charge in [0.05, 0.1) is 11.7 Å². The third-order valence-corrected chi connectivity index (χ3v) is 1.62. The zero-order valence-corrected chi connectivity index (χ0v) is 7.52. The van der Waals surface area contributed by atoms with Crippen LogP contribution in [0.15, 0.2) is 12.8 Å². The van der Waals surface area contributed by atoms with Crippen LogP contribution in [0.2, 0.25) is 0 Å². The molecular formula is C9H16O2. The second-order valence-corrected chi connectivity index (χ2v) is 3.21. The molecule has 11 heavy (non-hydrogen) atoms. The van der Waals surface area contributed by atoms with E-state index in [4.69, 9.17) is 0 Å². The van der Waals surface area contributed by atoms with E-state index in [1.165, 1.54) is 6.26 Å². The highest BCUT2D eigenvalue weighted by Gasteiger charge is 2.27. The predicted octanol–water partition coefficient (Wildman–Crippen LogP) is 2.50. The lowest BCUT2D eigenvalue weighted by Gasteiger charge is -2.19. The minimum absolute atomic E-state index is 0.200. The van der Waals surface area contributed by atoms with Crippen molar-refractivity contribution >= 4 is 5.97 Å². The third kappa shape index (κ3) is 3.21. The maximum Gasteiger partial charge on any atom is 0.316 e. The summed E-state index contributed by atoms with van der Waals surface area (Å²) in [5, 5.41) is 0. The standard InChI is InChI=1S/C9H16O2/c1-5-7-9(3,4)8(10)11-6-2/h6H,2,5,7H2,1,3-4H3. The molecule has 0 aliphatic rings. The number of carbonyl (C=O) groups is 1. The number of esters is 1. The van der Waals surface area contributed by atoms with Crippen molar-refractivity contribution < 1.29 is 9.53 Å². The van der Waals surface area contributed by atoms with Gasteiger partial charge < -0.3 is 4.74 Å². The lowest BCUT2D eigenvalue weighted by atomic mass is 9.88. The van der Waals surface area contributed by atoms with Gasteiger partial charge in [-0.2, -0.15) is 0 Å². The third-order valence-electron chi connectivity index (χ3n) is 1.62. The maximum atomic E-state index is 11.2. The Kier molecular flexibility index (Phi) is 3.86. The Hall–Kier alpha value is -0.790. The van der Waals surface area contributed by atoms with Gasteiger partial charge in [0.1, 0.15) is 0 Å². The summed E-state index contributed by atoms with van der Waals surface area (Å²) in [6, 6.07) is 0. The topological polar surface area (TPSA) is 26.3 Å². The molecule has 0 bridgehead atoms. The van der Waals surface area contributed by atoms with Gasteiger partial charge in [-0.15, -0.1) is 0 Å². The molecule has 0 radical (unpaired) electrons. The van der Waals surface area contributed by atoms with Gasteiger partial charge in [-0.3, -0.25) is 4.79 Å². The summed E-state index contributed by atoms with van der Waals surface area (Å²) in [7, 11) is 0. The van der Waals surface area contributed by atoms with Crippen LogP contribution in [0.5, 0.6) is 0 Å². The lowest BCUT2D eigenvalue weighted by Crippen LogP contribution is -2.24. The van der Waals surface area contributed by atoms with Crippen molar-refractivity contribution in [3.63, 3.8) is 0 Å². The summed E-state index contributed by atoms with van der Waals surface area (Å²) in [6.07, 6.45) is 3.01. The molecule has 2 nitrogen and oxygen atoms in total. The number of ether oxygens (including phenoxy) is 1. The van der Waals surface area contributed by atoms with Crippen LogP contribution in [0.1, 0.15) is 33.6 Å². The molecule has 0 N–H and O–H groups in total. The van der Waals surface area contributed by atoms with E-state index in [2.05, 4.69) is 11.3 Å². The molecule has 0 aromatic rings. The minimum Gasteiger partial charge on any atom is -0.435 e. The van der Waals surface area contributed by atoms with E-state index in [1.54, 1.807) is 0 Å². The minimum atomic E-state index is -0.372. The van der Waals surface area contributed by atoms with Crippen molar-refractivity contribution in [2.45, 2.75) is 33.6 Å². The smallest absolute Gasteiger partial charge is 0.316 e. The Morgan fingerprint density at radius 1 is 1.64 bits per heavy atom. The van der Waals surface area contributed by atoms with Crippen molar-refractivity contribution in [1.29, 1.82) is 0 Å². The maximum absolute atomic E-state index is 11.2. The first-order valence-electron chi connectivity index (χ1n) is 3.86. The molecule has 0 spiro atoms. The highest BCUT2D eigenvalue weighted by molar-refractivity contribution is 5.76. The molecule has 0 aliphatic heterocycles. The molecule has 64 valence electrons. The lowest BCUT2D eigenvalue weighted by molar-refractivity contribution is -0.148. The summed E-state index contributed by atoms with van der Waals surface area (Å²) in [6.45, 7) is 9.13. The second kappa shape index (κ2) is 4.16. The fraction of sp³-hybridized carbons (Fsp3) is 0.667. The van der Waals surface area contributed by atoms with Crippen LogP contribution in [0, 0.1) is 5.41 Å². The van der Waals surface area contributed by atoms with Crippen LogP contribution in [-0.4, -0.2) is 5.97 Å². The van der Waals surface area contributed by atoms with Crippen LogP contribution in [-0.2, 0) is 9.53 Å². The number of carbonyl (C=O) groups excluding carboxylic acids is 1. The molecule has 0 heterocycles. The monoisotopic (exact) mass is 156 g/mol. The van der Waals surface area contributed by atoms with Gasteiger partial charge in [0.15, 0.2) is 0 Å². The van der Waals surface area contributed by atoms with Crippen molar-refractivity contribution in [2.75, 3.05) is 0 Å². The molecule has 0 saturated heterocycles. The van der Waals surface area contributed by atoms with E-state index in [-0.39, 0.29) is 11.4 Å². The Balaban J connectivity index is 4.04. The van der Waals surface area contributed by atoms with Gasteiger partial charge in [0.2, 0.25) is 0 Å². The van der Waals surface area contributed by atoms with Crippen LogP contribution in [0.3, 0.4) is 0 Å². The van der Waals surface area contributed by atoms with Crippen LogP contribution in [0.25, 0.3) is 0 Å². The van der Waals surface area contributed by atoms with E-state index in [1.807, 2.05) is 20.8 Å². The predicted molar refractivity (Wildman–Crippen MR) is 45.0 cm³/mol. The SMILES string of the molecule is C=COC(=O)C(C)(C)CCC. The quantitative estimate of drug-likeness (QED) is 0.461. The van der Waals surface area contributed by atoms with Gasteiger partial charge in [-0.05, 0) is 20.3 Å². The molecule has 0 rings (SSSR count). The van der Waals surface area contributed by atoms with Crippen molar-refractivity contribution in [3.05, 3.63) is 12.8 Å². The first-order valence-corrected chi connectivity index (χ1v) is 3.86. The van der Waals surface area contributed by atoms with Crippen molar-refractivity contribution in [3.8, 4) is 0 Å². The Morgan fingerprint density at radius 3 is 2.55 bits per heavy atom. The Morgan fingerprint density at radius 2 is 2.18 bits per heavy atom. The fourth-order valence-corrected chi connectivity index (χ4v) is 0.962. The van der Waals surface area contributed by atoms with E-state index < -0.39 is 0 Å². The van der Waals surface area contributed by atoms with Gasteiger partial charge in [0.25, 0.3) is 0 Å². The number of hydrogen-bond acceptors (Lipinski definition) is 2. The first kappa shape index (κ1) is 10.2. The zero-order valence-electron chi connectivity index (χ0n) is 7.52. The van der Waals surface area contributed by atoms with E-state index in [0.717, 1.165) is 12.8 Å². The van der Waals surface area contributed by atoms with Crippen LogP contribution >= 0.6 is 0 Å². The average molecular weight is 156 g/mol. The normalized spacial score (nSPS) is 10.8. The van der Waals surface area contributed by atoms with Crippen molar-refractivity contribution in [2.24, 2.45) is 5.41 Å². The van der Waals surface area contributed by atoms with Crippen molar-refractivity contribution in [1.82, 2.24) is 0 Å². The van der Waals surface area contributed by atoms with Gasteiger partial charge in [0, 0.05) is 0 Å². The zero-order chi connectivity index (χ0) is 8.91. The molecule has 0 unspecified atom stereocenters. The summed E-state index contributed by atoms with van der Waals surface area (Å²) in [4.78, 5) is 11.2. The summed E-state index contributed by atoms with van der Waals surface area (Å²) >= 11 is 0. The van der Waals surface area contributed by atoms with Gasteiger partial charge in [-0.25, -0.2) is 0 Å². The Bertz CT molecular complexity index is 148. The molecule has 0 aromatic heterocycles. The van der Waals surface area contributed by atoms with Gasteiger partial charge in [-0.1, -0.05) is 19.9 Å². The molecule has 0 aliphatic carbocycles. The summed E-state index contributed by atoms with van der Waals surface area (Å²) in [5.41, 5.74) is -0.372. The van der Waals surface area contributed by atoms with Crippen LogP contribution < -0.4 is 0 Å². The van der Waals surface area contributed by atoms with E-state index in [0.29, 0.717) is 0 Å². The highest BCUT2D eigenvalue weighted by Crippen LogP contribution is 2.23. The summed E-state index contributed by atoms with van der Waals surface area (Å²) in [5.74, 6) is -0.200. The molecule has 0 atom stereocenters. The molecule has 0 fully saturated rings.